The van der Waals surface area contributed by atoms with Gasteiger partial charge < -0.3 is 5.32 Å². The smallest absolute Gasteiger partial charge is 0.350 e. The van der Waals surface area contributed by atoms with Crippen LogP contribution >= 0.6 is 23.2 Å². The molecule has 2 aromatic heterocycles. The molecule has 108 valence electrons. The van der Waals surface area contributed by atoms with Crippen LogP contribution in [0, 0.1) is 0 Å². The predicted molar refractivity (Wildman–Crippen MR) is 84.4 cm³/mol. The van der Waals surface area contributed by atoms with Crippen LogP contribution in [-0.4, -0.2) is 20.7 Å². The number of fused-ring (bicyclic) bond motifs is 1. The number of aromatic nitrogens is 3. The van der Waals surface area contributed by atoms with Crippen LogP contribution in [0.4, 0.5) is 5.69 Å². The Labute approximate surface area is 130 Å². The van der Waals surface area contributed by atoms with Crippen LogP contribution in [0.25, 0.3) is 5.65 Å². The molecule has 1 N–H and O–H groups in total. The number of nitrogens with one attached hydrogen (secondary N) is 1. The van der Waals surface area contributed by atoms with E-state index in [2.05, 4.69) is 10.4 Å². The number of pyridine rings is 1. The van der Waals surface area contributed by atoms with Gasteiger partial charge in [0.2, 0.25) is 0 Å². The summed E-state index contributed by atoms with van der Waals surface area (Å²) in [6.45, 7) is 1.02. The first-order valence-electron chi connectivity index (χ1n) is 6.38. The zero-order chi connectivity index (χ0) is 14.8. The van der Waals surface area contributed by atoms with Gasteiger partial charge in [-0.25, -0.2) is 9.48 Å². The normalized spacial score (nSPS) is 11.0. The monoisotopic (exact) mass is 322 g/mol. The molecule has 2 heterocycles. The van der Waals surface area contributed by atoms with Crippen molar-refractivity contribution in [3.63, 3.8) is 0 Å². The highest BCUT2D eigenvalue weighted by molar-refractivity contribution is 6.42. The van der Waals surface area contributed by atoms with Crippen LogP contribution in [0.5, 0.6) is 0 Å². The zero-order valence-electron chi connectivity index (χ0n) is 11.0. The average molecular weight is 323 g/mol. The maximum atomic E-state index is 12.1. The van der Waals surface area contributed by atoms with Crippen molar-refractivity contribution in [1.82, 2.24) is 14.2 Å². The number of hydrogen-bond acceptors (Lipinski definition) is 3. The van der Waals surface area contributed by atoms with E-state index in [0.717, 1.165) is 5.69 Å². The van der Waals surface area contributed by atoms with Gasteiger partial charge >= 0.3 is 5.69 Å². The molecule has 0 aliphatic rings. The molecule has 0 atom stereocenters. The summed E-state index contributed by atoms with van der Waals surface area (Å²) >= 11 is 11.8. The third kappa shape index (κ3) is 2.89. The lowest BCUT2D eigenvalue weighted by Crippen LogP contribution is -2.24. The fourth-order valence-corrected chi connectivity index (χ4v) is 2.32. The third-order valence-electron chi connectivity index (χ3n) is 3.06. The van der Waals surface area contributed by atoms with Crippen molar-refractivity contribution in [2.24, 2.45) is 0 Å². The molecular weight excluding hydrogens is 311 g/mol. The van der Waals surface area contributed by atoms with Crippen LogP contribution in [0.2, 0.25) is 10.0 Å². The number of halogens is 2. The van der Waals surface area contributed by atoms with Gasteiger partial charge in [-0.05, 0) is 30.3 Å². The van der Waals surface area contributed by atoms with E-state index in [1.165, 1.54) is 9.08 Å². The molecule has 3 aromatic rings. The van der Waals surface area contributed by atoms with Gasteiger partial charge in [0, 0.05) is 18.4 Å². The fourth-order valence-electron chi connectivity index (χ4n) is 2.03. The predicted octanol–water partition coefficient (Wildman–Crippen LogP) is 2.91. The summed E-state index contributed by atoms with van der Waals surface area (Å²) < 4.78 is 2.94. The molecule has 0 bridgehead atoms. The van der Waals surface area contributed by atoms with E-state index in [0.29, 0.717) is 28.8 Å². The number of rotatable bonds is 4. The van der Waals surface area contributed by atoms with Crippen LogP contribution in [-0.2, 0) is 6.54 Å². The number of nitrogens with zero attached hydrogens (tertiary/aromatic N) is 3. The van der Waals surface area contributed by atoms with Crippen molar-refractivity contribution in [1.29, 1.82) is 0 Å². The molecule has 21 heavy (non-hydrogen) atoms. The molecule has 3 rings (SSSR count). The Morgan fingerprint density at radius 3 is 2.76 bits per heavy atom. The van der Waals surface area contributed by atoms with Gasteiger partial charge in [0.15, 0.2) is 5.65 Å². The zero-order valence-corrected chi connectivity index (χ0v) is 12.5. The van der Waals surface area contributed by atoms with Crippen LogP contribution in [0.15, 0.2) is 47.4 Å². The SMILES string of the molecule is O=c1n(CCNc2ccc(Cl)c(Cl)c2)nc2ccccn12. The van der Waals surface area contributed by atoms with E-state index >= 15 is 0 Å². The van der Waals surface area contributed by atoms with Gasteiger partial charge in [0.25, 0.3) is 0 Å². The Hall–Kier alpha value is -1.98. The molecule has 0 saturated carbocycles. The Bertz CT molecular complexity index is 840. The van der Waals surface area contributed by atoms with E-state index in [4.69, 9.17) is 23.2 Å². The second-order valence-corrected chi connectivity index (χ2v) is 5.30. The lowest BCUT2D eigenvalue weighted by atomic mass is 10.3. The Morgan fingerprint density at radius 1 is 1.14 bits per heavy atom. The summed E-state index contributed by atoms with van der Waals surface area (Å²) in [5.74, 6) is 0. The average Bonchev–Trinajstić information content (AvgIpc) is 2.80. The highest BCUT2D eigenvalue weighted by Crippen LogP contribution is 2.24. The molecule has 5 nitrogen and oxygen atoms in total. The summed E-state index contributed by atoms with van der Waals surface area (Å²) in [4.78, 5) is 12.1. The van der Waals surface area contributed by atoms with Crippen LogP contribution in [0.1, 0.15) is 0 Å². The summed E-state index contributed by atoms with van der Waals surface area (Å²) in [6, 6.07) is 10.7. The van der Waals surface area contributed by atoms with Crippen molar-refractivity contribution >= 4 is 34.5 Å². The van der Waals surface area contributed by atoms with Crippen molar-refractivity contribution in [3.05, 3.63) is 63.1 Å². The number of benzene rings is 1. The lowest BCUT2D eigenvalue weighted by molar-refractivity contribution is 0.614. The number of hydrogen-bond donors (Lipinski definition) is 1. The molecule has 0 saturated heterocycles. The summed E-state index contributed by atoms with van der Waals surface area (Å²) in [5.41, 5.74) is 1.33. The largest absolute Gasteiger partial charge is 0.383 e. The number of anilines is 1. The van der Waals surface area contributed by atoms with E-state index in [1.807, 2.05) is 12.1 Å². The van der Waals surface area contributed by atoms with Gasteiger partial charge in [-0.1, -0.05) is 29.3 Å². The molecule has 1 aromatic carbocycles. The van der Waals surface area contributed by atoms with Crippen molar-refractivity contribution in [3.8, 4) is 0 Å². The first-order chi connectivity index (χ1) is 10.1. The Kier molecular flexibility index (Phi) is 3.86. The molecule has 0 aliphatic heterocycles. The minimum absolute atomic E-state index is 0.151. The van der Waals surface area contributed by atoms with Crippen LogP contribution < -0.4 is 11.0 Å². The van der Waals surface area contributed by atoms with Gasteiger partial charge in [-0.15, -0.1) is 5.10 Å². The first-order valence-corrected chi connectivity index (χ1v) is 7.14. The molecule has 7 heteroatoms. The van der Waals surface area contributed by atoms with Gasteiger partial charge in [0.05, 0.1) is 16.6 Å². The second kappa shape index (κ2) is 5.79. The maximum absolute atomic E-state index is 12.1. The Balaban J connectivity index is 1.70. The van der Waals surface area contributed by atoms with E-state index in [9.17, 15) is 4.79 Å². The second-order valence-electron chi connectivity index (χ2n) is 4.49. The summed E-state index contributed by atoms with van der Waals surface area (Å²) in [5, 5.41) is 8.44. The minimum Gasteiger partial charge on any atom is -0.383 e. The quantitative estimate of drug-likeness (QED) is 0.803. The molecule has 0 spiro atoms. The summed E-state index contributed by atoms with van der Waals surface area (Å²) in [6.07, 6.45) is 1.70. The first kappa shape index (κ1) is 14.0. The highest BCUT2D eigenvalue weighted by Gasteiger charge is 2.05. The molecule has 0 amide bonds. The molecule has 0 unspecified atom stereocenters. The topological polar surface area (TPSA) is 51.3 Å². The van der Waals surface area contributed by atoms with Gasteiger partial charge in [-0.3, -0.25) is 4.40 Å². The van der Waals surface area contributed by atoms with Gasteiger partial charge in [-0.2, -0.15) is 0 Å². The van der Waals surface area contributed by atoms with Crippen molar-refractivity contribution in [2.45, 2.75) is 6.54 Å². The Morgan fingerprint density at radius 2 is 2.00 bits per heavy atom. The van der Waals surface area contributed by atoms with E-state index in [-0.39, 0.29) is 5.69 Å². The minimum atomic E-state index is -0.151. The van der Waals surface area contributed by atoms with E-state index in [1.54, 1.807) is 30.5 Å². The standard InChI is InChI=1S/C14H12Cl2N4O/c15-11-5-4-10(9-12(11)16)17-6-8-20-14(21)19-7-2-1-3-13(19)18-20/h1-5,7,9,17H,6,8H2. The molecule has 0 radical (unpaired) electrons. The molecule has 0 aliphatic carbocycles. The third-order valence-corrected chi connectivity index (χ3v) is 3.80. The lowest BCUT2D eigenvalue weighted by Gasteiger charge is -2.06. The highest BCUT2D eigenvalue weighted by atomic mass is 35.5. The summed E-state index contributed by atoms with van der Waals surface area (Å²) in [7, 11) is 0. The molecule has 0 fully saturated rings. The van der Waals surface area contributed by atoms with E-state index < -0.39 is 0 Å². The fraction of sp³-hybridized carbons (Fsp3) is 0.143. The van der Waals surface area contributed by atoms with Crippen molar-refractivity contribution < 1.29 is 0 Å². The van der Waals surface area contributed by atoms with Crippen LogP contribution in [0.3, 0.4) is 0 Å². The maximum Gasteiger partial charge on any atom is 0.350 e. The molecular formula is C14H12Cl2N4O. The van der Waals surface area contributed by atoms with Crippen molar-refractivity contribution in [2.75, 3.05) is 11.9 Å². The van der Waals surface area contributed by atoms with Gasteiger partial charge in [0.1, 0.15) is 0 Å².